The number of nitrogens with zero attached hydrogens (tertiary/aromatic N) is 3. The van der Waals surface area contributed by atoms with Crippen LogP contribution in [0.3, 0.4) is 0 Å². The van der Waals surface area contributed by atoms with Gasteiger partial charge in [-0.05, 0) is 37.5 Å². The number of hydrogen-bond donors (Lipinski definition) is 2. The van der Waals surface area contributed by atoms with Crippen LogP contribution in [0.2, 0.25) is 5.02 Å². The Balaban J connectivity index is 0.00000420. The van der Waals surface area contributed by atoms with Crippen molar-refractivity contribution in [2.24, 2.45) is 4.99 Å². The van der Waals surface area contributed by atoms with E-state index in [2.05, 4.69) is 39.2 Å². The van der Waals surface area contributed by atoms with E-state index in [9.17, 15) is 4.79 Å². The fourth-order valence-corrected chi connectivity index (χ4v) is 3.08. The second-order valence-corrected chi connectivity index (χ2v) is 8.02. The maximum absolute atomic E-state index is 11.8. The summed E-state index contributed by atoms with van der Waals surface area (Å²) in [5.74, 6) is 0.656. The third kappa shape index (κ3) is 9.82. The Labute approximate surface area is 196 Å². The average molecular weight is 534 g/mol. The Morgan fingerprint density at radius 3 is 2.45 bits per heavy atom. The molecule has 1 amide bonds. The molecular formula is C21H33ClIN5O. The van der Waals surface area contributed by atoms with Crippen LogP contribution in [0.4, 0.5) is 0 Å². The lowest BCUT2D eigenvalue weighted by Gasteiger charge is -2.33. The minimum absolute atomic E-state index is 0. The van der Waals surface area contributed by atoms with Crippen molar-refractivity contribution < 1.29 is 4.79 Å². The summed E-state index contributed by atoms with van der Waals surface area (Å²) in [5.41, 5.74) is 2.30. The first kappa shape index (κ1) is 25.7. The number of nitrogens with one attached hydrogen (secondary N) is 2. The summed E-state index contributed by atoms with van der Waals surface area (Å²) in [6, 6.07) is 8.39. The molecule has 1 aromatic carbocycles. The summed E-state index contributed by atoms with van der Waals surface area (Å²) >= 11 is 5.96. The minimum Gasteiger partial charge on any atom is -0.354 e. The number of benzene rings is 1. The smallest absolute Gasteiger partial charge is 0.243 e. The zero-order valence-electron chi connectivity index (χ0n) is 17.6. The molecule has 0 saturated carbocycles. The number of likely N-dealkylation sites (tertiary alicyclic amines) is 1. The van der Waals surface area contributed by atoms with E-state index in [4.69, 9.17) is 11.6 Å². The molecule has 1 fully saturated rings. The van der Waals surface area contributed by atoms with Crippen molar-refractivity contribution in [1.82, 2.24) is 20.4 Å². The Morgan fingerprint density at radius 2 is 1.90 bits per heavy atom. The summed E-state index contributed by atoms with van der Waals surface area (Å²) in [5, 5.41) is 7.51. The van der Waals surface area contributed by atoms with Crippen LogP contribution in [0.25, 0.3) is 0 Å². The number of guanidine groups is 1. The van der Waals surface area contributed by atoms with Gasteiger partial charge in [0.15, 0.2) is 5.96 Å². The lowest BCUT2D eigenvalue weighted by molar-refractivity contribution is -0.127. The predicted octanol–water partition coefficient (Wildman–Crippen LogP) is 3.12. The van der Waals surface area contributed by atoms with Crippen molar-refractivity contribution in [2.75, 3.05) is 40.3 Å². The van der Waals surface area contributed by atoms with Crippen molar-refractivity contribution in [3.63, 3.8) is 0 Å². The van der Waals surface area contributed by atoms with Crippen LogP contribution in [0.1, 0.15) is 25.3 Å². The number of likely N-dealkylation sites (N-methyl/N-ethyl adjacent to an activating group) is 1. The highest BCUT2D eigenvalue weighted by molar-refractivity contribution is 14.0. The van der Waals surface area contributed by atoms with Gasteiger partial charge in [0.2, 0.25) is 5.91 Å². The van der Waals surface area contributed by atoms with Gasteiger partial charge in [-0.2, -0.15) is 0 Å². The lowest BCUT2D eigenvalue weighted by atomic mass is 10.0. The molecule has 1 aliphatic heterocycles. The summed E-state index contributed by atoms with van der Waals surface area (Å²) in [6.07, 6.45) is 2.06. The van der Waals surface area contributed by atoms with Crippen molar-refractivity contribution in [3.8, 4) is 0 Å². The molecule has 29 heavy (non-hydrogen) atoms. The Kier molecular flexibility index (Phi) is 11.6. The zero-order valence-corrected chi connectivity index (χ0v) is 20.7. The van der Waals surface area contributed by atoms with E-state index in [-0.39, 0.29) is 36.4 Å². The number of carbonyl (C=O) groups excluding carboxylic acids is 1. The fourth-order valence-electron chi connectivity index (χ4n) is 2.95. The number of halogens is 2. The Bertz CT molecular complexity index is 685. The molecule has 0 aromatic heterocycles. The number of carbonyl (C=O) groups is 1. The molecule has 0 aliphatic carbocycles. The highest BCUT2D eigenvalue weighted by Crippen LogP contribution is 2.16. The highest BCUT2D eigenvalue weighted by atomic mass is 127. The van der Waals surface area contributed by atoms with Crippen LogP contribution in [0.5, 0.6) is 0 Å². The molecule has 1 aromatic rings. The van der Waals surface area contributed by atoms with E-state index < -0.39 is 0 Å². The van der Waals surface area contributed by atoms with Crippen LogP contribution >= 0.6 is 35.6 Å². The number of piperidine rings is 1. The standard InChI is InChI=1S/C21H32ClN5O.HI/c1-16(2)13-23-21(24-14-20(28)26(3)4)25-19-9-11-27(12-10-19)15-17-5-7-18(22)8-6-17;/h5-8,19H,1,9-15H2,2-4H3,(H2,23,24,25);1H. The molecule has 0 spiro atoms. The first-order valence-electron chi connectivity index (χ1n) is 9.69. The van der Waals surface area contributed by atoms with Crippen LogP contribution in [-0.4, -0.2) is 68.0 Å². The van der Waals surface area contributed by atoms with E-state index in [1.165, 1.54) is 5.56 Å². The first-order chi connectivity index (χ1) is 13.3. The van der Waals surface area contributed by atoms with E-state index in [0.717, 1.165) is 43.1 Å². The molecule has 0 unspecified atom stereocenters. The lowest BCUT2D eigenvalue weighted by Crippen LogP contribution is -2.49. The second-order valence-electron chi connectivity index (χ2n) is 7.58. The first-order valence-corrected chi connectivity index (χ1v) is 10.1. The van der Waals surface area contributed by atoms with Crippen LogP contribution in [0, 0.1) is 0 Å². The van der Waals surface area contributed by atoms with Gasteiger partial charge in [-0.25, -0.2) is 4.99 Å². The molecule has 2 rings (SSSR count). The van der Waals surface area contributed by atoms with Gasteiger partial charge < -0.3 is 15.5 Å². The molecule has 1 saturated heterocycles. The molecule has 162 valence electrons. The van der Waals surface area contributed by atoms with Crippen molar-refractivity contribution in [2.45, 2.75) is 32.4 Å². The van der Waals surface area contributed by atoms with Gasteiger partial charge in [-0.15, -0.1) is 24.0 Å². The van der Waals surface area contributed by atoms with E-state index in [1.54, 1.807) is 19.0 Å². The molecular weight excluding hydrogens is 501 g/mol. The van der Waals surface area contributed by atoms with Gasteiger partial charge in [-0.1, -0.05) is 35.9 Å². The second kappa shape index (κ2) is 13.1. The molecule has 0 radical (unpaired) electrons. The van der Waals surface area contributed by atoms with E-state index in [0.29, 0.717) is 18.5 Å². The van der Waals surface area contributed by atoms with Crippen LogP contribution in [0.15, 0.2) is 41.4 Å². The highest BCUT2D eigenvalue weighted by Gasteiger charge is 2.20. The topological polar surface area (TPSA) is 60.0 Å². The molecule has 6 nitrogen and oxygen atoms in total. The summed E-state index contributed by atoms with van der Waals surface area (Å²) < 4.78 is 0. The Morgan fingerprint density at radius 1 is 1.28 bits per heavy atom. The largest absolute Gasteiger partial charge is 0.354 e. The maximum Gasteiger partial charge on any atom is 0.243 e. The maximum atomic E-state index is 11.8. The van der Waals surface area contributed by atoms with Crippen LogP contribution < -0.4 is 10.6 Å². The van der Waals surface area contributed by atoms with Gasteiger partial charge in [0.1, 0.15) is 6.54 Å². The van der Waals surface area contributed by atoms with Crippen molar-refractivity contribution >= 4 is 47.4 Å². The van der Waals surface area contributed by atoms with Gasteiger partial charge in [0.25, 0.3) is 0 Å². The van der Waals surface area contributed by atoms with Gasteiger partial charge in [-0.3, -0.25) is 9.69 Å². The molecule has 1 heterocycles. The fraction of sp³-hybridized carbons (Fsp3) is 0.524. The number of aliphatic imine (C=N–C) groups is 1. The molecule has 0 bridgehead atoms. The number of rotatable bonds is 7. The summed E-state index contributed by atoms with van der Waals surface area (Å²) in [4.78, 5) is 20.3. The third-order valence-corrected chi connectivity index (χ3v) is 4.93. The quantitative estimate of drug-likeness (QED) is 0.245. The minimum atomic E-state index is -0.0193. The van der Waals surface area contributed by atoms with E-state index >= 15 is 0 Å². The monoisotopic (exact) mass is 533 g/mol. The van der Waals surface area contributed by atoms with E-state index in [1.807, 2.05) is 19.1 Å². The predicted molar refractivity (Wildman–Crippen MR) is 132 cm³/mol. The Hall–Kier alpha value is -1.32. The SMILES string of the molecule is C=C(C)CNC(=NCC(=O)N(C)C)NC1CCN(Cc2ccc(Cl)cc2)CC1.I. The average Bonchev–Trinajstić information content (AvgIpc) is 2.66. The zero-order chi connectivity index (χ0) is 20.5. The molecule has 2 N–H and O–H groups in total. The van der Waals surface area contributed by atoms with Gasteiger partial charge in [0, 0.05) is 51.3 Å². The van der Waals surface area contributed by atoms with Gasteiger partial charge >= 0.3 is 0 Å². The summed E-state index contributed by atoms with van der Waals surface area (Å²) in [7, 11) is 3.48. The summed E-state index contributed by atoms with van der Waals surface area (Å²) in [6.45, 7) is 9.63. The molecule has 1 aliphatic rings. The molecule has 0 atom stereocenters. The third-order valence-electron chi connectivity index (χ3n) is 4.68. The molecule has 8 heteroatoms. The van der Waals surface area contributed by atoms with Crippen molar-refractivity contribution in [1.29, 1.82) is 0 Å². The van der Waals surface area contributed by atoms with Crippen molar-refractivity contribution in [3.05, 3.63) is 47.0 Å². The normalized spacial score (nSPS) is 15.4. The van der Waals surface area contributed by atoms with Crippen LogP contribution in [-0.2, 0) is 11.3 Å². The number of hydrogen-bond acceptors (Lipinski definition) is 3. The van der Waals surface area contributed by atoms with Gasteiger partial charge in [0.05, 0.1) is 0 Å². The number of amides is 1.